The maximum atomic E-state index is 11.9. The lowest BCUT2D eigenvalue weighted by Crippen LogP contribution is -2.30. The number of carbonyl (C=O) groups excluding carboxylic acids is 2. The number of aromatic nitrogens is 1. The average molecular weight is 350 g/mol. The smallest absolute Gasteiger partial charge is 0.287 e. The van der Waals surface area contributed by atoms with Crippen molar-refractivity contribution in [3.8, 4) is 0 Å². The molecule has 0 spiro atoms. The first-order valence-corrected chi connectivity index (χ1v) is 9.15. The molecule has 1 atom stereocenters. The van der Waals surface area contributed by atoms with Crippen molar-refractivity contribution in [1.29, 1.82) is 0 Å². The lowest BCUT2D eigenvalue weighted by atomic mass is 10.0. The maximum Gasteiger partial charge on any atom is 0.287 e. The summed E-state index contributed by atoms with van der Waals surface area (Å²) in [5, 5.41) is 3.55. The standard InChI is InChI=1S/C20H18N2O2S/c23-19-17(21-20(24)25-19)13-15-7-4-8-18-16(15)10-12-22(18)11-9-14-5-2-1-3-6-14/h1-8,10,12,17H,9,11,13H2,(H,21,24). The highest BCUT2D eigenvalue weighted by Crippen LogP contribution is 2.25. The Labute approximate surface area is 150 Å². The van der Waals surface area contributed by atoms with E-state index in [1.54, 1.807) is 0 Å². The van der Waals surface area contributed by atoms with E-state index in [-0.39, 0.29) is 10.4 Å². The van der Waals surface area contributed by atoms with Crippen LogP contribution < -0.4 is 5.32 Å². The van der Waals surface area contributed by atoms with E-state index in [1.807, 2.05) is 18.2 Å². The summed E-state index contributed by atoms with van der Waals surface area (Å²) in [4.78, 5) is 23.2. The highest BCUT2D eigenvalue weighted by molar-refractivity contribution is 8.26. The molecule has 0 aliphatic carbocycles. The number of benzene rings is 2. The molecular formula is C20H18N2O2S. The molecule has 0 saturated carbocycles. The number of hydrogen-bond acceptors (Lipinski definition) is 3. The van der Waals surface area contributed by atoms with Gasteiger partial charge in [-0.2, -0.15) is 0 Å². The van der Waals surface area contributed by atoms with Gasteiger partial charge >= 0.3 is 0 Å². The summed E-state index contributed by atoms with van der Waals surface area (Å²) in [5.74, 6) is 0. The van der Waals surface area contributed by atoms with Crippen LogP contribution in [0.15, 0.2) is 60.8 Å². The Morgan fingerprint density at radius 2 is 1.84 bits per heavy atom. The van der Waals surface area contributed by atoms with Crippen LogP contribution in [0.1, 0.15) is 11.1 Å². The van der Waals surface area contributed by atoms with Gasteiger partial charge in [-0.3, -0.25) is 9.59 Å². The number of rotatable bonds is 5. The van der Waals surface area contributed by atoms with Gasteiger partial charge in [0.15, 0.2) is 0 Å². The van der Waals surface area contributed by atoms with Crippen molar-refractivity contribution in [2.24, 2.45) is 0 Å². The Balaban J connectivity index is 1.55. The van der Waals surface area contributed by atoms with Crippen LogP contribution in [0, 0.1) is 0 Å². The second-order valence-electron chi connectivity index (χ2n) is 6.20. The van der Waals surface area contributed by atoms with E-state index in [9.17, 15) is 9.59 Å². The lowest BCUT2D eigenvalue weighted by molar-refractivity contribution is -0.112. The Kier molecular flexibility index (Phi) is 4.32. The summed E-state index contributed by atoms with van der Waals surface area (Å²) >= 11 is 0.770. The summed E-state index contributed by atoms with van der Waals surface area (Å²) in [5.41, 5.74) is 3.58. The van der Waals surface area contributed by atoms with Crippen molar-refractivity contribution in [1.82, 2.24) is 9.88 Å². The molecule has 126 valence electrons. The summed E-state index contributed by atoms with van der Waals surface area (Å²) in [6.07, 6.45) is 3.61. The van der Waals surface area contributed by atoms with E-state index in [1.165, 1.54) is 5.56 Å². The Bertz CT molecular complexity index is 933. The highest BCUT2D eigenvalue weighted by Gasteiger charge is 2.31. The van der Waals surface area contributed by atoms with Gasteiger partial charge in [0.2, 0.25) is 5.12 Å². The van der Waals surface area contributed by atoms with Crippen LogP contribution in [-0.2, 0) is 24.2 Å². The number of carbonyl (C=O) groups is 2. The molecule has 3 aromatic rings. The zero-order valence-corrected chi connectivity index (χ0v) is 14.5. The first-order chi connectivity index (χ1) is 12.2. The molecule has 1 aliphatic rings. The van der Waals surface area contributed by atoms with E-state index < -0.39 is 6.04 Å². The second kappa shape index (κ2) is 6.76. The predicted octanol–water partition coefficient (Wildman–Crippen LogP) is 3.78. The summed E-state index contributed by atoms with van der Waals surface area (Å²) in [6.45, 7) is 0.909. The van der Waals surface area contributed by atoms with Crippen molar-refractivity contribution in [2.45, 2.75) is 25.4 Å². The molecule has 2 heterocycles. The van der Waals surface area contributed by atoms with Gasteiger partial charge in [-0.05, 0) is 29.7 Å². The quantitative estimate of drug-likeness (QED) is 0.762. The molecule has 1 aliphatic heterocycles. The van der Waals surface area contributed by atoms with Crippen LogP contribution in [0.25, 0.3) is 10.9 Å². The van der Waals surface area contributed by atoms with Crippen molar-refractivity contribution in [3.05, 3.63) is 71.9 Å². The van der Waals surface area contributed by atoms with Crippen LogP contribution in [0.3, 0.4) is 0 Å². The molecule has 1 amide bonds. The van der Waals surface area contributed by atoms with E-state index in [4.69, 9.17) is 0 Å². The third kappa shape index (κ3) is 3.33. The van der Waals surface area contributed by atoms with Crippen LogP contribution in [0.2, 0.25) is 0 Å². The van der Waals surface area contributed by atoms with Gasteiger partial charge < -0.3 is 9.88 Å². The molecule has 25 heavy (non-hydrogen) atoms. The topological polar surface area (TPSA) is 51.1 Å². The maximum absolute atomic E-state index is 11.9. The first-order valence-electron chi connectivity index (χ1n) is 8.33. The minimum absolute atomic E-state index is 0.0921. The third-order valence-corrected chi connectivity index (χ3v) is 5.37. The van der Waals surface area contributed by atoms with Gasteiger partial charge in [0.1, 0.15) is 6.04 Å². The van der Waals surface area contributed by atoms with Crippen molar-refractivity contribution >= 4 is 33.0 Å². The molecule has 1 aromatic heterocycles. The number of thioether (sulfide) groups is 1. The predicted molar refractivity (Wildman–Crippen MR) is 101 cm³/mol. The monoisotopic (exact) mass is 350 g/mol. The number of nitrogens with one attached hydrogen (secondary N) is 1. The summed E-state index contributed by atoms with van der Waals surface area (Å²) in [6, 6.07) is 18.3. The molecule has 1 saturated heterocycles. The van der Waals surface area contributed by atoms with Crippen LogP contribution in [0.5, 0.6) is 0 Å². The van der Waals surface area contributed by atoms with Gasteiger partial charge in [0.25, 0.3) is 5.24 Å². The van der Waals surface area contributed by atoms with Gasteiger partial charge in [-0.1, -0.05) is 42.5 Å². The van der Waals surface area contributed by atoms with E-state index in [0.717, 1.165) is 41.2 Å². The van der Waals surface area contributed by atoms with Crippen LogP contribution >= 0.6 is 11.8 Å². The van der Waals surface area contributed by atoms with E-state index in [2.05, 4.69) is 52.5 Å². The average Bonchev–Trinajstić information content (AvgIpc) is 3.17. The Hall–Kier alpha value is -2.53. The Morgan fingerprint density at radius 1 is 1.00 bits per heavy atom. The molecule has 1 unspecified atom stereocenters. The molecular weight excluding hydrogens is 332 g/mol. The minimum atomic E-state index is -0.421. The highest BCUT2D eigenvalue weighted by atomic mass is 32.2. The summed E-state index contributed by atoms with van der Waals surface area (Å²) in [7, 11) is 0. The molecule has 2 aromatic carbocycles. The van der Waals surface area contributed by atoms with Crippen molar-refractivity contribution in [3.63, 3.8) is 0 Å². The number of hydrogen-bond donors (Lipinski definition) is 1. The van der Waals surface area contributed by atoms with E-state index in [0.29, 0.717) is 6.42 Å². The van der Waals surface area contributed by atoms with Gasteiger partial charge in [0, 0.05) is 41.8 Å². The fourth-order valence-corrected chi connectivity index (χ4v) is 3.97. The van der Waals surface area contributed by atoms with Gasteiger partial charge in [0.05, 0.1) is 0 Å². The largest absolute Gasteiger partial charge is 0.347 e. The van der Waals surface area contributed by atoms with Crippen LogP contribution in [-0.4, -0.2) is 21.0 Å². The third-order valence-electron chi connectivity index (χ3n) is 4.58. The first kappa shape index (κ1) is 16.0. The second-order valence-corrected chi connectivity index (χ2v) is 7.18. The van der Waals surface area contributed by atoms with Crippen molar-refractivity contribution in [2.75, 3.05) is 0 Å². The number of aryl methyl sites for hydroxylation is 2. The minimum Gasteiger partial charge on any atom is -0.347 e. The normalized spacial score (nSPS) is 17.2. The SMILES string of the molecule is O=C1NC(Cc2cccc3c2ccn3CCc2ccccc2)C(=O)S1. The Morgan fingerprint density at radius 3 is 2.60 bits per heavy atom. The van der Waals surface area contributed by atoms with Gasteiger partial charge in [-0.15, -0.1) is 0 Å². The molecule has 4 rings (SSSR count). The zero-order valence-electron chi connectivity index (χ0n) is 13.6. The molecule has 4 nitrogen and oxygen atoms in total. The van der Waals surface area contributed by atoms with Crippen molar-refractivity contribution < 1.29 is 9.59 Å². The summed E-state index contributed by atoms with van der Waals surface area (Å²) < 4.78 is 2.25. The molecule has 5 heteroatoms. The fourth-order valence-electron chi connectivity index (χ4n) is 3.30. The fraction of sp³-hybridized carbons (Fsp3) is 0.200. The van der Waals surface area contributed by atoms with E-state index >= 15 is 0 Å². The lowest BCUT2D eigenvalue weighted by Gasteiger charge is -2.10. The number of fused-ring (bicyclic) bond motifs is 1. The zero-order chi connectivity index (χ0) is 17.2. The molecule has 1 fully saturated rings. The van der Waals surface area contributed by atoms with Crippen LogP contribution in [0.4, 0.5) is 4.79 Å². The number of nitrogens with zero attached hydrogens (tertiary/aromatic N) is 1. The number of amides is 1. The molecule has 0 bridgehead atoms. The van der Waals surface area contributed by atoms with Gasteiger partial charge in [-0.25, -0.2) is 0 Å². The molecule has 1 N–H and O–H groups in total. The molecule has 0 radical (unpaired) electrons.